The summed E-state index contributed by atoms with van der Waals surface area (Å²) < 4.78 is 27.0. The number of carbonyl (C=O) groups is 1. The molecule has 1 aliphatic rings. The van der Waals surface area contributed by atoms with Crippen LogP contribution in [0.4, 0.5) is 5.69 Å². The third kappa shape index (κ3) is 4.72. The fourth-order valence-electron chi connectivity index (χ4n) is 3.33. The van der Waals surface area contributed by atoms with E-state index in [9.17, 15) is 13.2 Å². The minimum atomic E-state index is -3.55. The normalized spacial score (nSPS) is 15.1. The zero-order chi connectivity index (χ0) is 20.3. The van der Waals surface area contributed by atoms with Crippen LogP contribution < -0.4 is 9.62 Å². The molecule has 1 N–H and O–H groups in total. The largest absolute Gasteiger partial charge is 0.368 e. The maximum atomic E-state index is 12.8. The number of benzene rings is 2. The van der Waals surface area contributed by atoms with E-state index in [1.165, 1.54) is 23.4 Å². The van der Waals surface area contributed by atoms with Crippen LogP contribution in [0.3, 0.4) is 0 Å². The molecule has 6 nitrogen and oxygen atoms in total. The molecule has 2 aromatic rings. The lowest BCUT2D eigenvalue weighted by molar-refractivity contribution is 0.0746. The molecule has 0 aliphatic carbocycles. The van der Waals surface area contributed by atoms with Crippen LogP contribution in [0.25, 0.3) is 0 Å². The molecule has 3 rings (SSSR count). The highest BCUT2D eigenvalue weighted by atomic mass is 32.2. The molecule has 0 unspecified atom stereocenters. The summed E-state index contributed by atoms with van der Waals surface area (Å²) in [6.45, 7) is 8.45. The van der Waals surface area contributed by atoms with Gasteiger partial charge in [-0.15, -0.1) is 0 Å². The van der Waals surface area contributed by atoms with Crippen molar-refractivity contribution in [2.75, 3.05) is 31.1 Å². The molecule has 1 heterocycles. The smallest absolute Gasteiger partial charge is 0.253 e. The van der Waals surface area contributed by atoms with Gasteiger partial charge in [0.2, 0.25) is 10.0 Å². The number of nitrogens with one attached hydrogen (secondary N) is 1. The predicted molar refractivity (Wildman–Crippen MR) is 111 cm³/mol. The van der Waals surface area contributed by atoms with Crippen LogP contribution in [0.2, 0.25) is 0 Å². The van der Waals surface area contributed by atoms with Gasteiger partial charge in [0.25, 0.3) is 5.91 Å². The number of aryl methyl sites for hydroxylation is 1. The fraction of sp³-hybridized carbons (Fsp3) is 0.381. The van der Waals surface area contributed by atoms with E-state index in [1.807, 2.05) is 11.0 Å². The maximum Gasteiger partial charge on any atom is 0.253 e. The number of hydrogen-bond donors (Lipinski definition) is 1. The monoisotopic (exact) mass is 401 g/mol. The maximum absolute atomic E-state index is 12.8. The van der Waals surface area contributed by atoms with Gasteiger partial charge in [0.15, 0.2) is 0 Å². The molecule has 0 saturated carbocycles. The number of sulfonamides is 1. The van der Waals surface area contributed by atoms with Gasteiger partial charge >= 0.3 is 0 Å². The number of anilines is 1. The van der Waals surface area contributed by atoms with E-state index in [4.69, 9.17) is 0 Å². The molecule has 1 saturated heterocycles. The first-order valence-electron chi connectivity index (χ1n) is 9.49. The second kappa shape index (κ2) is 8.32. The average Bonchev–Trinajstić information content (AvgIpc) is 2.67. The minimum absolute atomic E-state index is 0.0651. The second-order valence-corrected chi connectivity index (χ2v) is 9.13. The highest BCUT2D eigenvalue weighted by Gasteiger charge is 2.23. The topological polar surface area (TPSA) is 69.7 Å². The van der Waals surface area contributed by atoms with Crippen LogP contribution in [0.1, 0.15) is 29.8 Å². The van der Waals surface area contributed by atoms with E-state index in [2.05, 4.69) is 34.7 Å². The Morgan fingerprint density at radius 1 is 1.00 bits per heavy atom. The molecule has 28 heavy (non-hydrogen) atoms. The summed E-state index contributed by atoms with van der Waals surface area (Å²) in [6.07, 6.45) is 0. The molecule has 150 valence electrons. The van der Waals surface area contributed by atoms with Crippen molar-refractivity contribution in [3.63, 3.8) is 0 Å². The fourth-order valence-corrected chi connectivity index (χ4v) is 4.58. The van der Waals surface area contributed by atoms with Gasteiger partial charge in [-0.2, -0.15) is 0 Å². The molecule has 0 aromatic heterocycles. The van der Waals surface area contributed by atoms with Gasteiger partial charge in [-0.05, 0) is 62.7 Å². The van der Waals surface area contributed by atoms with Crippen LogP contribution in [0.15, 0.2) is 53.4 Å². The van der Waals surface area contributed by atoms with Gasteiger partial charge in [-0.1, -0.05) is 12.1 Å². The van der Waals surface area contributed by atoms with E-state index in [0.29, 0.717) is 18.7 Å². The molecule has 0 bridgehead atoms. The molecule has 0 radical (unpaired) electrons. The number of nitrogens with zero attached hydrogens (tertiary/aromatic N) is 2. The number of amides is 1. The highest BCUT2D eigenvalue weighted by Crippen LogP contribution is 2.19. The lowest BCUT2D eigenvalue weighted by atomic mass is 10.1. The van der Waals surface area contributed by atoms with Crippen LogP contribution in [-0.4, -0.2) is 51.4 Å². The summed E-state index contributed by atoms with van der Waals surface area (Å²) in [7, 11) is -3.55. The summed E-state index contributed by atoms with van der Waals surface area (Å²) in [5.41, 5.74) is 2.91. The summed E-state index contributed by atoms with van der Waals surface area (Å²) in [4.78, 5) is 17.1. The van der Waals surface area contributed by atoms with Crippen molar-refractivity contribution >= 4 is 21.6 Å². The standard InChI is InChI=1S/C21H27N3O3S/c1-16(2)22-28(26,27)20-9-7-18(8-10-20)21(25)24-13-11-23(12-14-24)19-6-4-5-17(3)15-19/h4-10,15-16,22H,11-14H2,1-3H3. The lowest BCUT2D eigenvalue weighted by Gasteiger charge is -2.36. The van der Waals surface area contributed by atoms with Crippen molar-refractivity contribution < 1.29 is 13.2 Å². The average molecular weight is 402 g/mol. The number of piperazine rings is 1. The molecule has 1 amide bonds. The highest BCUT2D eigenvalue weighted by molar-refractivity contribution is 7.89. The zero-order valence-electron chi connectivity index (χ0n) is 16.6. The van der Waals surface area contributed by atoms with Gasteiger partial charge in [0.1, 0.15) is 0 Å². The van der Waals surface area contributed by atoms with Crippen LogP contribution >= 0.6 is 0 Å². The zero-order valence-corrected chi connectivity index (χ0v) is 17.4. The van der Waals surface area contributed by atoms with Gasteiger partial charge in [0.05, 0.1) is 4.90 Å². The van der Waals surface area contributed by atoms with Gasteiger partial charge < -0.3 is 9.80 Å². The molecule has 0 atom stereocenters. The molecule has 0 spiro atoms. The first kappa shape index (κ1) is 20.4. The second-order valence-electron chi connectivity index (χ2n) is 7.42. The molecule has 1 aliphatic heterocycles. The van der Waals surface area contributed by atoms with Crippen molar-refractivity contribution in [3.8, 4) is 0 Å². The van der Waals surface area contributed by atoms with E-state index < -0.39 is 10.0 Å². The number of carbonyl (C=O) groups excluding carboxylic acids is 1. The Morgan fingerprint density at radius 2 is 1.64 bits per heavy atom. The Balaban J connectivity index is 1.64. The van der Waals surface area contributed by atoms with E-state index >= 15 is 0 Å². The first-order chi connectivity index (χ1) is 13.3. The molecule has 1 fully saturated rings. The summed E-state index contributed by atoms with van der Waals surface area (Å²) >= 11 is 0. The Labute approximate surface area is 167 Å². The Morgan fingerprint density at radius 3 is 2.21 bits per heavy atom. The van der Waals surface area contributed by atoms with Crippen LogP contribution in [0.5, 0.6) is 0 Å². The summed E-state index contributed by atoms with van der Waals surface area (Å²) in [5.74, 6) is -0.0651. The first-order valence-corrected chi connectivity index (χ1v) is 11.0. The Bertz CT molecular complexity index is 932. The number of rotatable bonds is 5. The number of hydrogen-bond acceptors (Lipinski definition) is 4. The van der Waals surface area contributed by atoms with Gasteiger partial charge in [-0.3, -0.25) is 4.79 Å². The third-order valence-electron chi connectivity index (χ3n) is 4.74. The van der Waals surface area contributed by atoms with Crippen molar-refractivity contribution in [3.05, 3.63) is 59.7 Å². The van der Waals surface area contributed by atoms with E-state index in [0.717, 1.165) is 13.1 Å². The van der Waals surface area contributed by atoms with E-state index in [-0.39, 0.29) is 16.8 Å². The molecule has 7 heteroatoms. The third-order valence-corrected chi connectivity index (χ3v) is 6.41. The molecule has 2 aromatic carbocycles. The van der Waals surface area contributed by atoms with Gasteiger partial charge in [0, 0.05) is 43.5 Å². The van der Waals surface area contributed by atoms with Crippen LogP contribution in [0, 0.1) is 6.92 Å². The quantitative estimate of drug-likeness (QED) is 0.836. The van der Waals surface area contributed by atoms with Gasteiger partial charge in [-0.25, -0.2) is 13.1 Å². The molecular formula is C21H27N3O3S. The lowest BCUT2D eigenvalue weighted by Crippen LogP contribution is -2.48. The summed E-state index contributed by atoms with van der Waals surface area (Å²) in [5, 5.41) is 0. The SMILES string of the molecule is Cc1cccc(N2CCN(C(=O)c3ccc(S(=O)(=O)NC(C)C)cc3)CC2)c1. The van der Waals surface area contributed by atoms with Crippen LogP contribution in [-0.2, 0) is 10.0 Å². The van der Waals surface area contributed by atoms with Crippen molar-refractivity contribution in [1.82, 2.24) is 9.62 Å². The minimum Gasteiger partial charge on any atom is -0.368 e. The van der Waals surface area contributed by atoms with E-state index in [1.54, 1.807) is 26.0 Å². The predicted octanol–water partition coefficient (Wildman–Crippen LogP) is 2.64. The van der Waals surface area contributed by atoms with Crippen molar-refractivity contribution in [2.45, 2.75) is 31.7 Å². The Kier molecular flexibility index (Phi) is 6.05. The molecular weight excluding hydrogens is 374 g/mol. The summed E-state index contributed by atoms with van der Waals surface area (Å²) in [6, 6.07) is 14.3. The Hall–Kier alpha value is -2.38. The van der Waals surface area contributed by atoms with Crippen molar-refractivity contribution in [1.29, 1.82) is 0 Å². The van der Waals surface area contributed by atoms with Crippen molar-refractivity contribution in [2.24, 2.45) is 0 Å².